The number of hydrogen-bond acceptors (Lipinski definition) is 2. The predicted octanol–water partition coefficient (Wildman–Crippen LogP) is 4.86. The fourth-order valence-corrected chi connectivity index (χ4v) is 4.43. The number of nitrogens with zero attached hydrogens (tertiary/aromatic N) is 2. The quantitative estimate of drug-likeness (QED) is 0.487. The van der Waals surface area contributed by atoms with Gasteiger partial charge in [0.2, 0.25) is 0 Å². The van der Waals surface area contributed by atoms with Gasteiger partial charge in [-0.3, -0.25) is 4.79 Å². The van der Waals surface area contributed by atoms with E-state index in [1.165, 1.54) is 18.2 Å². The Labute approximate surface area is 188 Å². The molecule has 3 aromatic carbocycles. The number of benzene rings is 3. The lowest BCUT2D eigenvalue weighted by molar-refractivity contribution is 0.0685. The number of carboxylic acid groups (broad SMARTS) is 1. The Morgan fingerprint density at radius 2 is 1.67 bits per heavy atom. The van der Waals surface area contributed by atoms with E-state index in [-0.39, 0.29) is 30.4 Å². The van der Waals surface area contributed by atoms with Crippen LogP contribution in [0, 0.1) is 11.6 Å². The second-order valence-corrected chi connectivity index (χ2v) is 8.15. The molecule has 33 heavy (non-hydrogen) atoms. The van der Waals surface area contributed by atoms with Crippen LogP contribution in [-0.2, 0) is 19.5 Å². The van der Waals surface area contributed by atoms with Gasteiger partial charge in [-0.2, -0.15) is 0 Å². The second kappa shape index (κ2) is 8.16. The maximum absolute atomic E-state index is 14.4. The lowest BCUT2D eigenvalue weighted by atomic mass is 9.96. The number of carbonyl (C=O) groups is 2. The average Bonchev–Trinajstić information content (AvgIpc) is 3.17. The lowest BCUT2D eigenvalue weighted by Crippen LogP contribution is -2.37. The highest BCUT2D eigenvalue weighted by atomic mass is 19.1. The van der Waals surface area contributed by atoms with E-state index in [0.29, 0.717) is 29.8 Å². The van der Waals surface area contributed by atoms with Crippen molar-refractivity contribution in [3.63, 3.8) is 0 Å². The van der Waals surface area contributed by atoms with Gasteiger partial charge >= 0.3 is 5.97 Å². The summed E-state index contributed by atoms with van der Waals surface area (Å²) >= 11 is 0. The van der Waals surface area contributed by atoms with Crippen molar-refractivity contribution >= 4 is 22.8 Å². The number of carbonyl (C=O) groups excluding carboxylic acids is 1. The topological polar surface area (TPSA) is 62.5 Å². The van der Waals surface area contributed by atoms with Gasteiger partial charge in [0.1, 0.15) is 17.3 Å². The first-order chi connectivity index (χ1) is 15.9. The highest BCUT2D eigenvalue weighted by Crippen LogP contribution is 2.27. The third-order valence-corrected chi connectivity index (χ3v) is 6.14. The van der Waals surface area contributed by atoms with E-state index in [4.69, 9.17) is 5.11 Å². The van der Waals surface area contributed by atoms with Gasteiger partial charge in [-0.05, 0) is 47.9 Å². The van der Waals surface area contributed by atoms with Crippen LogP contribution in [0.25, 0.3) is 10.9 Å². The Kier molecular flexibility index (Phi) is 5.17. The van der Waals surface area contributed by atoms with Crippen LogP contribution in [0.3, 0.4) is 0 Å². The van der Waals surface area contributed by atoms with E-state index in [0.717, 1.165) is 16.5 Å². The monoisotopic (exact) mass is 446 g/mol. The van der Waals surface area contributed by atoms with Crippen LogP contribution < -0.4 is 0 Å². The summed E-state index contributed by atoms with van der Waals surface area (Å²) in [5, 5.41) is 10.0. The van der Waals surface area contributed by atoms with Crippen LogP contribution in [0.15, 0.2) is 66.7 Å². The molecule has 0 bridgehead atoms. The lowest BCUT2D eigenvalue weighted by Gasteiger charge is -2.29. The predicted molar refractivity (Wildman–Crippen MR) is 119 cm³/mol. The molecule has 0 saturated heterocycles. The fraction of sp³-hybridized carbons (Fsp3) is 0.154. The molecule has 0 radical (unpaired) electrons. The highest BCUT2D eigenvalue weighted by molar-refractivity contribution is 5.99. The molecule has 0 unspecified atom stereocenters. The standard InChI is InChI=1S/C26H20F2N2O3/c27-21-7-3-1-6-18(21)15-30-23-8-4-2-5-17(23)13-24(30)25(31)29-10-9-16-11-20(26(32)33)22(28)12-19(16)14-29/h1-8,11-13H,9-10,14-15H2,(H,32,33). The summed E-state index contributed by atoms with van der Waals surface area (Å²) in [4.78, 5) is 26.4. The van der Waals surface area contributed by atoms with Crippen LogP contribution in [0.4, 0.5) is 8.78 Å². The van der Waals surface area contributed by atoms with Crippen molar-refractivity contribution in [3.8, 4) is 0 Å². The van der Waals surface area contributed by atoms with Crippen molar-refractivity contribution in [1.82, 2.24) is 9.47 Å². The number of hydrogen-bond donors (Lipinski definition) is 1. The van der Waals surface area contributed by atoms with Crippen molar-refractivity contribution < 1.29 is 23.5 Å². The Morgan fingerprint density at radius 3 is 2.45 bits per heavy atom. The molecule has 0 aliphatic carbocycles. The van der Waals surface area contributed by atoms with Crippen LogP contribution >= 0.6 is 0 Å². The minimum Gasteiger partial charge on any atom is -0.478 e. The van der Waals surface area contributed by atoms with Crippen LogP contribution in [0.2, 0.25) is 0 Å². The summed E-state index contributed by atoms with van der Waals surface area (Å²) in [6, 6.07) is 18.4. The Morgan fingerprint density at radius 1 is 0.909 bits per heavy atom. The third kappa shape index (κ3) is 3.75. The Bertz CT molecular complexity index is 1410. The highest BCUT2D eigenvalue weighted by Gasteiger charge is 2.27. The molecule has 166 valence electrons. The number of amides is 1. The molecule has 1 aliphatic heterocycles. The molecule has 0 saturated carbocycles. The molecule has 0 spiro atoms. The van der Waals surface area contributed by atoms with Gasteiger partial charge in [0.05, 0.1) is 12.1 Å². The van der Waals surface area contributed by atoms with Crippen molar-refractivity contribution in [2.75, 3.05) is 6.54 Å². The maximum atomic E-state index is 14.4. The van der Waals surface area contributed by atoms with E-state index in [9.17, 15) is 18.4 Å². The second-order valence-electron chi connectivity index (χ2n) is 8.15. The number of carboxylic acids is 1. The van der Waals surface area contributed by atoms with Crippen LogP contribution in [0.1, 0.15) is 37.5 Å². The normalized spacial score (nSPS) is 13.2. The van der Waals surface area contributed by atoms with Crippen molar-refractivity contribution in [2.24, 2.45) is 0 Å². The number of aromatic nitrogens is 1. The Balaban J connectivity index is 1.51. The molecular weight excluding hydrogens is 426 g/mol. The largest absolute Gasteiger partial charge is 0.478 e. The van der Waals surface area contributed by atoms with Crippen molar-refractivity contribution in [1.29, 1.82) is 0 Å². The SMILES string of the molecule is O=C(O)c1cc2c(cc1F)CN(C(=O)c1cc3ccccc3n1Cc1ccccc1F)CC2. The Hall–Kier alpha value is -4.00. The van der Waals surface area contributed by atoms with Crippen LogP contribution in [0.5, 0.6) is 0 Å². The molecule has 0 fully saturated rings. The zero-order valence-corrected chi connectivity index (χ0v) is 17.6. The van der Waals surface area contributed by atoms with E-state index in [1.54, 1.807) is 33.7 Å². The molecular formula is C26H20F2N2O3. The zero-order valence-electron chi connectivity index (χ0n) is 17.6. The molecule has 1 aliphatic rings. The molecule has 7 heteroatoms. The van der Waals surface area contributed by atoms with Gasteiger partial charge in [0, 0.05) is 29.6 Å². The van der Waals surface area contributed by atoms with Gasteiger partial charge in [-0.1, -0.05) is 36.4 Å². The summed E-state index contributed by atoms with van der Waals surface area (Å²) in [7, 11) is 0. The summed E-state index contributed by atoms with van der Waals surface area (Å²) in [5.41, 5.74) is 2.67. The van der Waals surface area contributed by atoms with Gasteiger partial charge in [0.25, 0.3) is 5.91 Å². The molecule has 2 heterocycles. The van der Waals surface area contributed by atoms with Gasteiger partial charge in [0.15, 0.2) is 0 Å². The molecule has 4 aromatic rings. The number of aromatic carboxylic acids is 1. The molecule has 0 atom stereocenters. The van der Waals surface area contributed by atoms with Gasteiger partial charge < -0.3 is 14.6 Å². The average molecular weight is 446 g/mol. The van der Waals surface area contributed by atoms with Gasteiger partial charge in [-0.15, -0.1) is 0 Å². The van der Waals surface area contributed by atoms with Crippen molar-refractivity contribution in [3.05, 3.63) is 106 Å². The number of rotatable bonds is 4. The van der Waals surface area contributed by atoms with Crippen molar-refractivity contribution in [2.45, 2.75) is 19.5 Å². The summed E-state index contributed by atoms with van der Waals surface area (Å²) in [6.45, 7) is 0.742. The smallest absolute Gasteiger partial charge is 0.338 e. The van der Waals surface area contributed by atoms with Crippen LogP contribution in [-0.4, -0.2) is 33.0 Å². The van der Waals surface area contributed by atoms with Gasteiger partial charge in [-0.25, -0.2) is 13.6 Å². The summed E-state index contributed by atoms with van der Waals surface area (Å²) in [5.74, 6) is -2.71. The first-order valence-electron chi connectivity index (χ1n) is 10.6. The fourth-order valence-electron chi connectivity index (χ4n) is 4.43. The first kappa shape index (κ1) is 20.9. The first-order valence-corrected chi connectivity index (χ1v) is 10.6. The van der Waals surface area contributed by atoms with E-state index in [2.05, 4.69) is 0 Å². The molecule has 1 aromatic heterocycles. The third-order valence-electron chi connectivity index (χ3n) is 6.14. The van der Waals surface area contributed by atoms with E-state index < -0.39 is 11.8 Å². The van der Waals surface area contributed by atoms with E-state index in [1.807, 2.05) is 24.3 Å². The summed E-state index contributed by atoms with van der Waals surface area (Å²) in [6.07, 6.45) is 0.426. The number of halogens is 2. The minimum atomic E-state index is -1.31. The molecule has 5 nitrogen and oxygen atoms in total. The zero-order chi connectivity index (χ0) is 23.1. The maximum Gasteiger partial charge on any atom is 0.338 e. The number of para-hydroxylation sites is 1. The molecule has 1 N–H and O–H groups in total. The number of fused-ring (bicyclic) bond motifs is 2. The minimum absolute atomic E-state index is 0.173. The van der Waals surface area contributed by atoms with E-state index >= 15 is 0 Å². The molecule has 1 amide bonds. The molecule has 5 rings (SSSR count). The summed E-state index contributed by atoms with van der Waals surface area (Å²) < 4.78 is 30.4.